The predicted octanol–water partition coefficient (Wildman–Crippen LogP) is 2.01. The number of nitrogens with zero attached hydrogens (tertiary/aromatic N) is 1. The number of sulfonamides is 1. The van der Waals surface area contributed by atoms with E-state index >= 15 is 0 Å². The fraction of sp³-hybridized carbons (Fsp3) is 0.176. The number of benzene rings is 2. The van der Waals surface area contributed by atoms with Gasteiger partial charge in [0.05, 0.1) is 31.0 Å². The van der Waals surface area contributed by atoms with Crippen LogP contribution in [0.2, 0.25) is 0 Å². The van der Waals surface area contributed by atoms with E-state index in [0.29, 0.717) is 0 Å². The third-order valence-electron chi connectivity index (χ3n) is 3.70. The lowest BCUT2D eigenvalue weighted by Gasteiger charge is -2.22. The number of para-hydroxylation sites is 1. The van der Waals surface area contributed by atoms with E-state index in [0.717, 1.165) is 10.4 Å². The maximum Gasteiger partial charge on any atom is 0.340 e. The van der Waals surface area contributed by atoms with Gasteiger partial charge in [0.2, 0.25) is 0 Å². The molecule has 0 saturated heterocycles. The van der Waals surface area contributed by atoms with E-state index in [1.807, 2.05) is 0 Å². The van der Waals surface area contributed by atoms with Crippen molar-refractivity contribution in [2.45, 2.75) is 4.90 Å². The number of esters is 1. The zero-order valence-corrected chi connectivity index (χ0v) is 15.1. The minimum atomic E-state index is -4.22. The largest absolute Gasteiger partial charge is 0.495 e. The highest BCUT2D eigenvalue weighted by molar-refractivity contribution is 7.93. The topological polar surface area (TPSA) is 110 Å². The highest BCUT2D eigenvalue weighted by atomic mass is 32.2. The number of aromatic carboxylic acids is 1. The van der Waals surface area contributed by atoms with Crippen LogP contribution in [0.4, 0.5) is 5.69 Å². The number of carboxylic acid groups (broad SMARTS) is 1. The third kappa shape index (κ3) is 3.47. The molecule has 1 N–H and O–H groups in total. The van der Waals surface area contributed by atoms with Crippen LogP contribution >= 0.6 is 0 Å². The van der Waals surface area contributed by atoms with Crippen LogP contribution in [0.5, 0.6) is 5.75 Å². The number of carbonyl (C=O) groups is 2. The first kappa shape index (κ1) is 19.3. The van der Waals surface area contributed by atoms with Crippen molar-refractivity contribution in [1.82, 2.24) is 0 Å². The summed E-state index contributed by atoms with van der Waals surface area (Å²) < 4.78 is 36.7. The Labute approximate surface area is 150 Å². The summed E-state index contributed by atoms with van der Waals surface area (Å²) in [5, 5.41) is 9.13. The summed E-state index contributed by atoms with van der Waals surface area (Å²) in [6.07, 6.45) is 0. The molecule has 26 heavy (non-hydrogen) atoms. The molecule has 2 rings (SSSR count). The molecular weight excluding hydrogens is 362 g/mol. The molecule has 138 valence electrons. The number of rotatable bonds is 6. The summed E-state index contributed by atoms with van der Waals surface area (Å²) in [4.78, 5) is 22.8. The van der Waals surface area contributed by atoms with Crippen molar-refractivity contribution in [2.24, 2.45) is 0 Å². The normalized spacial score (nSPS) is 10.9. The maximum absolute atomic E-state index is 13.1. The Hall–Kier alpha value is -3.07. The lowest BCUT2D eigenvalue weighted by molar-refractivity contribution is 0.0600. The maximum atomic E-state index is 13.1. The fourth-order valence-corrected chi connectivity index (χ4v) is 3.71. The molecule has 0 saturated carbocycles. The average Bonchev–Trinajstić information content (AvgIpc) is 2.65. The predicted molar refractivity (Wildman–Crippen MR) is 93.3 cm³/mol. The van der Waals surface area contributed by atoms with Crippen LogP contribution in [0, 0.1) is 0 Å². The monoisotopic (exact) mass is 379 g/mol. The third-order valence-corrected chi connectivity index (χ3v) is 5.49. The molecule has 0 bridgehead atoms. The second-order valence-corrected chi connectivity index (χ2v) is 7.09. The van der Waals surface area contributed by atoms with E-state index in [9.17, 15) is 18.0 Å². The van der Waals surface area contributed by atoms with Crippen LogP contribution in [0.25, 0.3) is 0 Å². The molecule has 0 atom stereocenters. The van der Waals surface area contributed by atoms with Crippen molar-refractivity contribution in [2.75, 3.05) is 25.6 Å². The molecule has 0 fully saturated rings. The van der Waals surface area contributed by atoms with Crippen LogP contribution < -0.4 is 9.04 Å². The minimum Gasteiger partial charge on any atom is -0.495 e. The first-order chi connectivity index (χ1) is 12.2. The van der Waals surface area contributed by atoms with E-state index in [1.54, 1.807) is 12.1 Å². The summed E-state index contributed by atoms with van der Waals surface area (Å²) in [6.45, 7) is 0. The summed E-state index contributed by atoms with van der Waals surface area (Å²) in [5.74, 6) is -1.99. The van der Waals surface area contributed by atoms with Crippen molar-refractivity contribution in [3.63, 3.8) is 0 Å². The van der Waals surface area contributed by atoms with Gasteiger partial charge >= 0.3 is 11.9 Å². The molecule has 0 radical (unpaired) electrons. The van der Waals surface area contributed by atoms with E-state index in [-0.39, 0.29) is 27.5 Å². The number of ether oxygens (including phenoxy) is 2. The van der Waals surface area contributed by atoms with E-state index in [1.165, 1.54) is 45.5 Å². The molecule has 9 heteroatoms. The Morgan fingerprint density at radius 2 is 1.73 bits per heavy atom. The number of carbonyl (C=O) groups excluding carboxylic acids is 1. The molecule has 0 heterocycles. The second kappa shape index (κ2) is 7.44. The SMILES string of the molecule is COC(=O)c1ccccc1N(C)S(=O)(=O)c1cc(C(=O)O)ccc1OC. The lowest BCUT2D eigenvalue weighted by Crippen LogP contribution is -2.29. The van der Waals surface area contributed by atoms with Crippen molar-refractivity contribution in [3.05, 3.63) is 53.6 Å². The zero-order chi connectivity index (χ0) is 19.5. The van der Waals surface area contributed by atoms with Gasteiger partial charge in [0.15, 0.2) is 0 Å². The number of anilines is 1. The number of hydrogen-bond acceptors (Lipinski definition) is 6. The molecule has 0 spiro atoms. The average molecular weight is 379 g/mol. The first-order valence-electron chi connectivity index (χ1n) is 7.31. The molecule has 0 amide bonds. The molecule has 0 unspecified atom stereocenters. The van der Waals surface area contributed by atoms with Crippen molar-refractivity contribution in [1.29, 1.82) is 0 Å². The van der Waals surface area contributed by atoms with E-state index in [2.05, 4.69) is 4.74 Å². The summed E-state index contributed by atoms with van der Waals surface area (Å²) in [5.41, 5.74) is -0.0735. The molecule has 0 aliphatic rings. The van der Waals surface area contributed by atoms with Gasteiger partial charge in [-0.25, -0.2) is 18.0 Å². The summed E-state index contributed by atoms with van der Waals surface area (Å²) >= 11 is 0. The van der Waals surface area contributed by atoms with Gasteiger partial charge in [-0.15, -0.1) is 0 Å². The van der Waals surface area contributed by atoms with Crippen molar-refractivity contribution in [3.8, 4) is 5.75 Å². The van der Waals surface area contributed by atoms with Crippen molar-refractivity contribution >= 4 is 27.6 Å². The van der Waals surface area contributed by atoms with Crippen LogP contribution in [0.15, 0.2) is 47.4 Å². The molecule has 0 aromatic heterocycles. The highest BCUT2D eigenvalue weighted by Gasteiger charge is 2.29. The Balaban J connectivity index is 2.64. The van der Waals surface area contributed by atoms with Crippen LogP contribution in [0.3, 0.4) is 0 Å². The van der Waals surface area contributed by atoms with Gasteiger partial charge in [-0.2, -0.15) is 0 Å². The van der Waals surface area contributed by atoms with E-state index < -0.39 is 22.0 Å². The quantitative estimate of drug-likeness (QED) is 0.764. The summed E-state index contributed by atoms with van der Waals surface area (Å²) in [7, 11) is -0.501. The zero-order valence-electron chi connectivity index (χ0n) is 14.3. The smallest absolute Gasteiger partial charge is 0.340 e. The highest BCUT2D eigenvalue weighted by Crippen LogP contribution is 2.31. The molecule has 0 aliphatic heterocycles. The van der Waals surface area contributed by atoms with Gasteiger partial charge in [0, 0.05) is 7.05 Å². The molecule has 2 aromatic carbocycles. The Kier molecular flexibility index (Phi) is 5.51. The van der Waals surface area contributed by atoms with Crippen molar-refractivity contribution < 1.29 is 32.6 Å². The Morgan fingerprint density at radius 1 is 1.08 bits per heavy atom. The van der Waals surface area contributed by atoms with Gasteiger partial charge < -0.3 is 14.6 Å². The molecule has 8 nitrogen and oxygen atoms in total. The van der Waals surface area contributed by atoms with Gasteiger partial charge in [-0.05, 0) is 30.3 Å². The van der Waals surface area contributed by atoms with Gasteiger partial charge in [-0.1, -0.05) is 12.1 Å². The number of carboxylic acids is 1. The molecule has 0 aliphatic carbocycles. The molecule has 2 aromatic rings. The van der Waals surface area contributed by atoms with Gasteiger partial charge in [0.25, 0.3) is 10.0 Å². The summed E-state index contributed by atoms with van der Waals surface area (Å²) in [6, 6.07) is 9.52. The standard InChI is InChI=1S/C17H17NO7S/c1-18(13-7-5-4-6-12(13)17(21)25-3)26(22,23)15-10-11(16(19)20)8-9-14(15)24-2/h4-10H,1-3H3,(H,19,20). The molecular formula is C17H17NO7S. The Morgan fingerprint density at radius 3 is 2.31 bits per heavy atom. The van der Waals surface area contributed by atoms with Crippen LogP contribution in [-0.4, -0.2) is 46.7 Å². The lowest BCUT2D eigenvalue weighted by atomic mass is 10.2. The van der Waals surface area contributed by atoms with Crippen LogP contribution in [-0.2, 0) is 14.8 Å². The first-order valence-corrected chi connectivity index (χ1v) is 8.75. The number of methoxy groups -OCH3 is 2. The number of hydrogen-bond donors (Lipinski definition) is 1. The van der Waals surface area contributed by atoms with E-state index in [4.69, 9.17) is 9.84 Å². The fourth-order valence-electron chi connectivity index (χ4n) is 2.32. The second-order valence-electron chi connectivity index (χ2n) is 5.15. The van der Waals surface area contributed by atoms with Gasteiger partial charge in [0.1, 0.15) is 10.6 Å². The Bertz CT molecular complexity index is 953. The minimum absolute atomic E-state index is 0.0163. The van der Waals surface area contributed by atoms with Crippen LogP contribution in [0.1, 0.15) is 20.7 Å². The van der Waals surface area contributed by atoms with Gasteiger partial charge in [-0.3, -0.25) is 4.31 Å².